The number of hydrogen-bond acceptors (Lipinski definition) is 9. The van der Waals surface area contributed by atoms with E-state index in [1.807, 2.05) is 0 Å². The molecule has 1 aliphatic heterocycles. The van der Waals surface area contributed by atoms with Crippen LogP contribution in [0.3, 0.4) is 0 Å². The summed E-state index contributed by atoms with van der Waals surface area (Å²) in [4.78, 5) is 38.1. The number of nitrogens with zero attached hydrogens (tertiary/aromatic N) is 4. The number of rotatable bonds is 6. The Morgan fingerprint density at radius 2 is 1.71 bits per heavy atom. The molecule has 42 heavy (non-hydrogen) atoms. The molecule has 2 aromatic heterocycles. The first kappa shape index (κ1) is 30.4. The zero-order chi connectivity index (χ0) is 30.9. The van der Waals surface area contributed by atoms with E-state index in [2.05, 4.69) is 30.3 Å². The number of anilines is 2. The predicted molar refractivity (Wildman–Crippen MR) is 133 cm³/mol. The number of nitrogens with one attached hydrogen (secondary N) is 2. The van der Waals surface area contributed by atoms with Gasteiger partial charge in [-0.15, -0.1) is 13.2 Å². The maximum absolute atomic E-state index is 13.7. The summed E-state index contributed by atoms with van der Waals surface area (Å²) in [5, 5.41) is 5.18. The van der Waals surface area contributed by atoms with Crippen LogP contribution < -0.4 is 15.4 Å². The summed E-state index contributed by atoms with van der Waals surface area (Å²) in [5.74, 6) is -4.86. The molecule has 0 bridgehead atoms. The highest BCUT2D eigenvalue weighted by atomic mass is 19.4. The van der Waals surface area contributed by atoms with Crippen molar-refractivity contribution in [1.29, 1.82) is 0 Å². The van der Waals surface area contributed by atoms with E-state index in [-0.39, 0.29) is 17.7 Å². The van der Waals surface area contributed by atoms with E-state index < -0.39 is 58.8 Å². The topological polar surface area (TPSA) is 132 Å². The van der Waals surface area contributed by atoms with Crippen LogP contribution in [0, 0.1) is 0 Å². The zero-order valence-corrected chi connectivity index (χ0v) is 22.3. The molecule has 1 atom stereocenters. The van der Waals surface area contributed by atoms with Crippen LogP contribution in [0.1, 0.15) is 43.4 Å². The van der Waals surface area contributed by atoms with Gasteiger partial charge in [0.15, 0.2) is 5.69 Å². The van der Waals surface area contributed by atoms with Crippen molar-refractivity contribution in [2.75, 3.05) is 23.7 Å². The molecule has 226 valence electrons. The lowest BCUT2D eigenvalue weighted by atomic mass is 10.2. The summed E-state index contributed by atoms with van der Waals surface area (Å²) >= 11 is 0. The second-order valence-electron chi connectivity index (χ2n) is 10.0. The van der Waals surface area contributed by atoms with Crippen LogP contribution in [0.15, 0.2) is 41.1 Å². The van der Waals surface area contributed by atoms with Crippen LogP contribution in [-0.4, -0.2) is 62.9 Å². The van der Waals surface area contributed by atoms with E-state index in [1.165, 1.54) is 11.0 Å². The number of alkyl halides is 6. The number of benzene rings is 1. The molecule has 1 aromatic carbocycles. The second-order valence-corrected chi connectivity index (χ2v) is 10.0. The van der Waals surface area contributed by atoms with Crippen molar-refractivity contribution in [1.82, 2.24) is 19.9 Å². The maximum atomic E-state index is 13.7. The van der Waals surface area contributed by atoms with E-state index in [4.69, 9.17) is 9.15 Å². The third-order valence-electron chi connectivity index (χ3n) is 5.53. The highest BCUT2D eigenvalue weighted by Gasteiger charge is 2.42. The van der Waals surface area contributed by atoms with Crippen molar-refractivity contribution in [3.63, 3.8) is 0 Å². The molecule has 4 rings (SSSR count). The van der Waals surface area contributed by atoms with Gasteiger partial charge in [-0.1, -0.05) is 12.1 Å². The van der Waals surface area contributed by atoms with E-state index in [0.717, 1.165) is 30.6 Å². The lowest BCUT2D eigenvalue weighted by molar-refractivity contribution is -0.274. The molecule has 3 aromatic rings. The van der Waals surface area contributed by atoms with Gasteiger partial charge < -0.3 is 29.4 Å². The van der Waals surface area contributed by atoms with Crippen molar-refractivity contribution in [3.05, 3.63) is 48.1 Å². The molecule has 0 aliphatic carbocycles. The van der Waals surface area contributed by atoms with Crippen LogP contribution in [0.4, 0.5) is 42.8 Å². The maximum Gasteiger partial charge on any atom is 0.573 e. The number of carbonyl (C=O) groups is 2. The van der Waals surface area contributed by atoms with Gasteiger partial charge in [0.2, 0.25) is 17.6 Å². The number of para-hydroxylation sites is 1. The molecule has 3 heterocycles. The molecular formula is C25H24F6N6O5. The highest BCUT2D eigenvalue weighted by molar-refractivity contribution is 6.03. The third kappa shape index (κ3) is 7.79. The summed E-state index contributed by atoms with van der Waals surface area (Å²) in [7, 11) is 0. The Balaban J connectivity index is 1.46. The van der Waals surface area contributed by atoms with E-state index >= 15 is 0 Å². The number of ether oxygens (including phenoxy) is 2. The quantitative estimate of drug-likeness (QED) is 0.340. The monoisotopic (exact) mass is 602 g/mol. The van der Waals surface area contributed by atoms with E-state index in [9.17, 15) is 35.9 Å². The second kappa shape index (κ2) is 11.4. The Hall–Kier alpha value is -4.57. The number of carbonyl (C=O) groups excluding carboxylic acids is 2. The van der Waals surface area contributed by atoms with Gasteiger partial charge in [0.1, 0.15) is 11.4 Å². The minimum Gasteiger partial charge on any atom is -0.444 e. The fourth-order valence-electron chi connectivity index (χ4n) is 3.85. The number of halogens is 6. The number of aromatic nitrogens is 3. The van der Waals surface area contributed by atoms with Crippen LogP contribution in [0.2, 0.25) is 0 Å². The zero-order valence-electron chi connectivity index (χ0n) is 22.3. The summed E-state index contributed by atoms with van der Waals surface area (Å²) in [6.07, 6.45) is -8.00. The molecule has 11 nitrogen and oxygen atoms in total. The SMILES string of the molecule is CC(C)(C)OC(=O)N1CC[C@H](Nc2ncc(NC(=O)c3nc(-c4ccccc4OC(F)(F)F)oc3C(F)(F)F)cn2)C1. The van der Waals surface area contributed by atoms with Crippen LogP contribution in [0.25, 0.3) is 11.5 Å². The minimum absolute atomic E-state index is 0.106. The van der Waals surface area contributed by atoms with Gasteiger partial charge in [-0.3, -0.25) is 4.79 Å². The van der Waals surface area contributed by atoms with Gasteiger partial charge in [0.05, 0.1) is 23.6 Å². The Morgan fingerprint density at radius 1 is 1.05 bits per heavy atom. The normalized spacial score (nSPS) is 15.8. The van der Waals surface area contributed by atoms with Gasteiger partial charge in [0, 0.05) is 19.1 Å². The van der Waals surface area contributed by atoms with Crippen molar-refractivity contribution < 1.29 is 49.8 Å². The van der Waals surface area contributed by atoms with Crippen molar-refractivity contribution >= 4 is 23.6 Å². The Kier molecular flexibility index (Phi) is 8.22. The van der Waals surface area contributed by atoms with Crippen molar-refractivity contribution in [2.45, 2.75) is 51.4 Å². The average molecular weight is 602 g/mol. The predicted octanol–water partition coefficient (Wildman–Crippen LogP) is 5.72. The summed E-state index contributed by atoms with van der Waals surface area (Å²) in [6, 6.07) is 4.03. The van der Waals surface area contributed by atoms with Crippen molar-refractivity contribution in [3.8, 4) is 17.2 Å². The first-order chi connectivity index (χ1) is 19.5. The van der Waals surface area contributed by atoms with Crippen LogP contribution >= 0.6 is 0 Å². The smallest absolute Gasteiger partial charge is 0.444 e. The van der Waals surface area contributed by atoms with Gasteiger partial charge in [-0.25, -0.2) is 19.7 Å². The lowest BCUT2D eigenvalue weighted by Crippen LogP contribution is -2.36. The Bertz CT molecular complexity index is 1440. The molecule has 0 spiro atoms. The van der Waals surface area contributed by atoms with E-state index in [0.29, 0.717) is 19.5 Å². The summed E-state index contributed by atoms with van der Waals surface area (Å²) in [5.41, 5.74) is -2.54. The average Bonchev–Trinajstić information content (AvgIpc) is 3.51. The minimum atomic E-state index is -5.21. The molecular weight excluding hydrogens is 578 g/mol. The summed E-state index contributed by atoms with van der Waals surface area (Å²) < 4.78 is 93.2. The molecule has 0 saturated carbocycles. The van der Waals surface area contributed by atoms with Gasteiger partial charge in [-0.2, -0.15) is 13.2 Å². The molecule has 1 fully saturated rings. The number of amides is 2. The fraction of sp³-hybridized carbons (Fsp3) is 0.400. The summed E-state index contributed by atoms with van der Waals surface area (Å²) in [6.45, 7) is 6.02. The van der Waals surface area contributed by atoms with Crippen LogP contribution in [-0.2, 0) is 10.9 Å². The first-order valence-corrected chi connectivity index (χ1v) is 12.3. The van der Waals surface area contributed by atoms with Gasteiger partial charge in [0.25, 0.3) is 5.91 Å². The van der Waals surface area contributed by atoms with Crippen LogP contribution in [0.5, 0.6) is 5.75 Å². The molecule has 2 N–H and O–H groups in total. The van der Waals surface area contributed by atoms with Gasteiger partial charge in [-0.05, 0) is 39.3 Å². The molecule has 17 heteroatoms. The number of likely N-dealkylation sites (tertiary alicyclic amines) is 1. The Morgan fingerprint density at radius 3 is 2.33 bits per heavy atom. The molecule has 0 radical (unpaired) electrons. The third-order valence-corrected chi connectivity index (χ3v) is 5.53. The lowest BCUT2D eigenvalue weighted by Gasteiger charge is -2.24. The number of oxazole rings is 1. The first-order valence-electron chi connectivity index (χ1n) is 12.3. The molecule has 2 amide bonds. The standard InChI is InChI=1S/C25H24F6N6O5/c1-23(2,3)42-22(39)37-9-8-13(12-37)35-21-32-10-14(11-33-21)34-19(38)17-18(24(26,27)28)40-20(36-17)15-6-4-5-7-16(15)41-25(29,30)31/h4-7,10-11,13H,8-9,12H2,1-3H3,(H,34,38)(H,32,33,35)/t13-/m0/s1. The van der Waals surface area contributed by atoms with Gasteiger partial charge >= 0.3 is 18.6 Å². The largest absolute Gasteiger partial charge is 0.573 e. The molecule has 0 unspecified atom stereocenters. The number of hydrogen-bond donors (Lipinski definition) is 2. The highest BCUT2D eigenvalue weighted by Crippen LogP contribution is 2.39. The fourth-order valence-corrected chi connectivity index (χ4v) is 3.85. The molecule has 1 saturated heterocycles. The van der Waals surface area contributed by atoms with Crippen molar-refractivity contribution in [2.24, 2.45) is 0 Å². The van der Waals surface area contributed by atoms with E-state index in [1.54, 1.807) is 20.8 Å². The molecule has 1 aliphatic rings. The Labute approximate surface area is 234 Å².